The van der Waals surface area contributed by atoms with Crippen LogP contribution in [0.25, 0.3) is 10.9 Å². The van der Waals surface area contributed by atoms with Crippen molar-refractivity contribution >= 4 is 16.9 Å². The Labute approximate surface area is 146 Å². The average Bonchev–Trinajstić information content (AvgIpc) is 3.00. The van der Waals surface area contributed by atoms with E-state index in [1.807, 2.05) is 25.1 Å². The predicted molar refractivity (Wildman–Crippen MR) is 94.9 cm³/mol. The zero-order valence-electron chi connectivity index (χ0n) is 14.5. The van der Waals surface area contributed by atoms with Crippen LogP contribution in [0.5, 0.6) is 5.75 Å². The number of H-pyrrole nitrogens is 1. The van der Waals surface area contributed by atoms with Gasteiger partial charge in [-0.3, -0.25) is 0 Å². The summed E-state index contributed by atoms with van der Waals surface area (Å²) in [7, 11) is 0. The van der Waals surface area contributed by atoms with Crippen molar-refractivity contribution in [2.45, 2.75) is 19.4 Å². The van der Waals surface area contributed by atoms with Gasteiger partial charge in [0.2, 0.25) is 0 Å². The first-order chi connectivity index (χ1) is 12.1. The van der Waals surface area contributed by atoms with Crippen molar-refractivity contribution in [2.24, 2.45) is 0 Å². The number of nitrogens with zero attached hydrogens (tertiary/aromatic N) is 1. The lowest BCUT2D eigenvalue weighted by atomic mass is 10.2. The maximum atomic E-state index is 11.9. The normalized spacial score (nSPS) is 16.0. The van der Waals surface area contributed by atoms with Gasteiger partial charge in [0.1, 0.15) is 12.4 Å². The molecule has 136 valence electrons. The van der Waals surface area contributed by atoms with E-state index in [-0.39, 0.29) is 12.6 Å². The van der Waals surface area contributed by atoms with Crippen LogP contribution in [0.15, 0.2) is 24.3 Å². The van der Waals surface area contributed by atoms with Gasteiger partial charge in [-0.2, -0.15) is 0 Å². The highest BCUT2D eigenvalue weighted by molar-refractivity contribution is 5.81. The van der Waals surface area contributed by atoms with Crippen LogP contribution in [-0.4, -0.2) is 66.6 Å². The van der Waals surface area contributed by atoms with Crippen LogP contribution < -0.4 is 10.1 Å². The lowest BCUT2D eigenvalue weighted by molar-refractivity contribution is 0.0525. The van der Waals surface area contributed by atoms with Crippen LogP contribution in [0, 0.1) is 6.92 Å². The topological polar surface area (TPSA) is 86.8 Å². The molecule has 3 N–H and O–H groups in total. The van der Waals surface area contributed by atoms with E-state index in [1.165, 1.54) is 0 Å². The summed E-state index contributed by atoms with van der Waals surface area (Å²) in [5.74, 6) is 0.725. The van der Waals surface area contributed by atoms with Gasteiger partial charge in [-0.25, -0.2) is 4.79 Å². The first-order valence-electron chi connectivity index (χ1n) is 8.62. The first-order valence-corrected chi connectivity index (χ1v) is 8.62. The van der Waals surface area contributed by atoms with Crippen LogP contribution in [-0.2, 0) is 4.74 Å². The zero-order chi connectivity index (χ0) is 17.6. The maximum Gasteiger partial charge on any atom is 0.317 e. The number of morpholine rings is 1. The van der Waals surface area contributed by atoms with Gasteiger partial charge >= 0.3 is 6.03 Å². The molecule has 1 aromatic heterocycles. The number of carbonyl (C=O) groups excluding carboxylic acids is 1. The number of amides is 2. The fourth-order valence-corrected chi connectivity index (χ4v) is 2.85. The molecule has 0 bridgehead atoms. The second-order valence-corrected chi connectivity index (χ2v) is 6.29. The van der Waals surface area contributed by atoms with E-state index in [2.05, 4.69) is 16.4 Å². The molecular formula is C18H25N3O4. The molecular weight excluding hydrogens is 322 g/mol. The molecule has 0 saturated carbocycles. The number of aromatic nitrogens is 1. The fourth-order valence-electron chi connectivity index (χ4n) is 2.85. The van der Waals surface area contributed by atoms with Gasteiger partial charge in [0.05, 0.1) is 19.3 Å². The first kappa shape index (κ1) is 17.6. The minimum Gasteiger partial charge on any atom is -0.491 e. The van der Waals surface area contributed by atoms with Gasteiger partial charge < -0.3 is 29.8 Å². The van der Waals surface area contributed by atoms with Gasteiger partial charge in [-0.1, -0.05) is 0 Å². The highest BCUT2D eigenvalue weighted by Crippen LogP contribution is 2.21. The van der Waals surface area contributed by atoms with E-state index in [0.29, 0.717) is 39.3 Å². The molecule has 25 heavy (non-hydrogen) atoms. The van der Waals surface area contributed by atoms with E-state index < -0.39 is 6.10 Å². The average molecular weight is 347 g/mol. The molecule has 2 amide bonds. The SMILES string of the molecule is Cc1cc2cc(OCC(O)CCNC(=O)N3CCOCC3)ccc2[nH]1. The summed E-state index contributed by atoms with van der Waals surface area (Å²) in [4.78, 5) is 16.9. The van der Waals surface area contributed by atoms with Crippen molar-refractivity contribution in [1.29, 1.82) is 0 Å². The Balaban J connectivity index is 1.38. The van der Waals surface area contributed by atoms with Crippen molar-refractivity contribution in [3.63, 3.8) is 0 Å². The van der Waals surface area contributed by atoms with Crippen molar-refractivity contribution in [3.8, 4) is 5.75 Å². The number of rotatable bonds is 6. The van der Waals surface area contributed by atoms with Crippen LogP contribution in [0.4, 0.5) is 4.79 Å². The molecule has 3 rings (SSSR count). The number of hydrogen-bond acceptors (Lipinski definition) is 4. The molecule has 0 spiro atoms. The fraction of sp³-hybridized carbons (Fsp3) is 0.500. The Morgan fingerprint density at radius 2 is 2.20 bits per heavy atom. The number of aliphatic hydroxyl groups is 1. The molecule has 1 aliphatic heterocycles. The van der Waals surface area contributed by atoms with Crippen LogP contribution in [0.3, 0.4) is 0 Å². The molecule has 1 fully saturated rings. The van der Waals surface area contributed by atoms with Crippen molar-refractivity contribution in [1.82, 2.24) is 15.2 Å². The summed E-state index contributed by atoms with van der Waals surface area (Å²) in [6.45, 7) is 5.00. The highest BCUT2D eigenvalue weighted by atomic mass is 16.5. The van der Waals surface area contributed by atoms with Crippen LogP contribution in [0.1, 0.15) is 12.1 Å². The molecule has 2 aromatic rings. The number of fused-ring (bicyclic) bond motifs is 1. The Bertz CT molecular complexity index is 709. The van der Waals surface area contributed by atoms with Gasteiger partial charge in [0.15, 0.2) is 0 Å². The highest BCUT2D eigenvalue weighted by Gasteiger charge is 2.16. The summed E-state index contributed by atoms with van der Waals surface area (Å²) in [6, 6.07) is 7.74. The number of hydrogen-bond donors (Lipinski definition) is 3. The number of aliphatic hydroxyl groups excluding tert-OH is 1. The van der Waals surface area contributed by atoms with Crippen molar-refractivity contribution in [3.05, 3.63) is 30.0 Å². The van der Waals surface area contributed by atoms with Gasteiger partial charge in [0.25, 0.3) is 0 Å². The Morgan fingerprint density at radius 3 is 3.00 bits per heavy atom. The molecule has 2 heterocycles. The van der Waals surface area contributed by atoms with Crippen LogP contribution in [0.2, 0.25) is 0 Å². The second kappa shape index (κ2) is 8.22. The van der Waals surface area contributed by atoms with E-state index in [0.717, 1.165) is 22.3 Å². The number of aryl methyl sites for hydroxylation is 1. The minimum atomic E-state index is -0.631. The van der Waals surface area contributed by atoms with E-state index in [1.54, 1.807) is 4.90 Å². The molecule has 7 heteroatoms. The number of benzene rings is 1. The number of carbonyl (C=O) groups is 1. The van der Waals surface area contributed by atoms with Gasteiger partial charge in [0, 0.05) is 36.2 Å². The molecule has 1 atom stereocenters. The zero-order valence-corrected chi connectivity index (χ0v) is 14.5. The molecule has 0 aliphatic carbocycles. The number of nitrogens with one attached hydrogen (secondary N) is 2. The Kier molecular flexibility index (Phi) is 5.78. The number of urea groups is 1. The van der Waals surface area contributed by atoms with Gasteiger partial charge in [-0.05, 0) is 37.6 Å². The summed E-state index contributed by atoms with van der Waals surface area (Å²) in [5.41, 5.74) is 2.17. The Hall–Kier alpha value is -2.25. The quantitative estimate of drug-likeness (QED) is 0.741. The number of aromatic amines is 1. The third kappa shape index (κ3) is 4.87. The molecule has 7 nitrogen and oxygen atoms in total. The third-order valence-corrected chi connectivity index (χ3v) is 4.22. The van der Waals surface area contributed by atoms with Gasteiger partial charge in [-0.15, -0.1) is 0 Å². The maximum absolute atomic E-state index is 11.9. The second-order valence-electron chi connectivity index (χ2n) is 6.29. The Morgan fingerprint density at radius 1 is 1.40 bits per heavy atom. The lowest BCUT2D eigenvalue weighted by Crippen LogP contribution is -2.46. The summed E-state index contributed by atoms with van der Waals surface area (Å²) < 4.78 is 10.9. The van der Waals surface area contributed by atoms with Crippen LogP contribution >= 0.6 is 0 Å². The molecule has 1 saturated heterocycles. The smallest absolute Gasteiger partial charge is 0.317 e. The van der Waals surface area contributed by atoms with E-state index in [4.69, 9.17) is 9.47 Å². The lowest BCUT2D eigenvalue weighted by Gasteiger charge is -2.27. The summed E-state index contributed by atoms with van der Waals surface area (Å²) >= 11 is 0. The summed E-state index contributed by atoms with van der Waals surface area (Å²) in [6.07, 6.45) is -0.185. The monoisotopic (exact) mass is 347 g/mol. The van der Waals surface area contributed by atoms with Crippen molar-refractivity contribution < 1.29 is 19.4 Å². The minimum absolute atomic E-state index is 0.107. The molecule has 1 aliphatic rings. The summed E-state index contributed by atoms with van der Waals surface area (Å²) in [5, 5.41) is 13.9. The third-order valence-electron chi connectivity index (χ3n) is 4.22. The molecule has 1 aromatic carbocycles. The van der Waals surface area contributed by atoms with E-state index in [9.17, 15) is 9.90 Å². The molecule has 1 unspecified atom stereocenters. The molecule has 0 radical (unpaired) electrons. The largest absolute Gasteiger partial charge is 0.491 e. The van der Waals surface area contributed by atoms with Crippen molar-refractivity contribution in [2.75, 3.05) is 39.5 Å². The number of ether oxygens (including phenoxy) is 2. The standard InChI is InChI=1S/C18H25N3O4/c1-13-10-14-11-16(2-3-17(14)20-13)25-12-15(22)4-5-19-18(23)21-6-8-24-9-7-21/h2-3,10-11,15,20,22H,4-9,12H2,1H3,(H,19,23). The van der Waals surface area contributed by atoms with E-state index >= 15 is 0 Å². The predicted octanol–water partition coefficient (Wildman–Crippen LogP) is 1.65.